The van der Waals surface area contributed by atoms with Crippen molar-refractivity contribution in [2.24, 2.45) is 10.2 Å². The molecule has 0 atom stereocenters. The first kappa shape index (κ1) is 20.7. The molecule has 29 heavy (non-hydrogen) atoms. The number of hydrogen-bond donors (Lipinski definition) is 0. The molecule has 0 spiro atoms. The Hall–Kier alpha value is -2.99. The van der Waals surface area contributed by atoms with Gasteiger partial charge in [0.15, 0.2) is 5.69 Å². The molecule has 0 saturated carbocycles. The Bertz CT molecular complexity index is 975. The van der Waals surface area contributed by atoms with E-state index in [0.717, 1.165) is 36.2 Å². The zero-order valence-corrected chi connectivity index (χ0v) is 17.3. The van der Waals surface area contributed by atoms with E-state index in [1.807, 2.05) is 66.1 Å². The molecule has 152 valence electrons. The summed E-state index contributed by atoms with van der Waals surface area (Å²) >= 11 is 0. The molecule has 0 aliphatic heterocycles. The second-order valence-electron chi connectivity index (χ2n) is 6.65. The van der Waals surface area contributed by atoms with Crippen molar-refractivity contribution >= 4 is 28.2 Å². The van der Waals surface area contributed by atoms with Crippen LogP contribution in [-0.2, 0) is 11.3 Å². The van der Waals surface area contributed by atoms with Crippen LogP contribution in [0.25, 0.3) is 10.9 Å². The van der Waals surface area contributed by atoms with E-state index in [1.54, 1.807) is 0 Å². The monoisotopic (exact) mass is 392 g/mol. The van der Waals surface area contributed by atoms with Crippen molar-refractivity contribution in [1.29, 1.82) is 0 Å². The smallest absolute Gasteiger partial charge is 0.357 e. The average Bonchev–Trinajstić information content (AvgIpc) is 3.07. The molecule has 0 unspecified atom stereocenters. The fourth-order valence-electron chi connectivity index (χ4n) is 3.41. The van der Waals surface area contributed by atoms with Gasteiger partial charge >= 0.3 is 5.97 Å². The Labute approximate surface area is 171 Å². The third-order valence-corrected chi connectivity index (χ3v) is 4.97. The van der Waals surface area contributed by atoms with Crippen molar-refractivity contribution in [2.75, 3.05) is 26.2 Å². The first-order chi connectivity index (χ1) is 14.2. The van der Waals surface area contributed by atoms with Gasteiger partial charge in [-0.05, 0) is 38.2 Å². The van der Waals surface area contributed by atoms with E-state index >= 15 is 0 Å². The van der Waals surface area contributed by atoms with Crippen LogP contribution in [-0.4, -0.2) is 41.7 Å². The minimum atomic E-state index is -0.370. The van der Waals surface area contributed by atoms with Gasteiger partial charge in [-0.15, -0.1) is 5.11 Å². The van der Waals surface area contributed by atoms with Gasteiger partial charge in [0, 0.05) is 18.5 Å². The number of fused-ring (bicyclic) bond motifs is 1. The highest BCUT2D eigenvalue weighted by Crippen LogP contribution is 2.35. The van der Waals surface area contributed by atoms with E-state index in [-0.39, 0.29) is 5.97 Å². The SMILES string of the molecule is CCOC(=O)c1c(N=Nc2ccccc2)c2ccccc2n1CCN(CC)CC. The summed E-state index contributed by atoms with van der Waals surface area (Å²) in [5.41, 5.74) is 2.72. The van der Waals surface area contributed by atoms with Gasteiger partial charge in [-0.1, -0.05) is 50.2 Å². The van der Waals surface area contributed by atoms with Crippen LogP contribution in [0.4, 0.5) is 11.4 Å². The van der Waals surface area contributed by atoms with Gasteiger partial charge in [0.2, 0.25) is 0 Å². The van der Waals surface area contributed by atoms with Gasteiger partial charge in [0.25, 0.3) is 0 Å². The number of carbonyl (C=O) groups excluding carboxylic acids is 1. The van der Waals surface area contributed by atoms with Crippen LogP contribution in [0.2, 0.25) is 0 Å². The lowest BCUT2D eigenvalue weighted by Crippen LogP contribution is -2.28. The second-order valence-corrected chi connectivity index (χ2v) is 6.65. The molecule has 1 heterocycles. The number of ether oxygens (including phenoxy) is 1. The Morgan fingerprint density at radius 3 is 2.34 bits per heavy atom. The number of nitrogens with zero attached hydrogens (tertiary/aromatic N) is 4. The van der Waals surface area contributed by atoms with Gasteiger partial charge in [-0.2, -0.15) is 5.11 Å². The minimum Gasteiger partial charge on any atom is -0.461 e. The maximum atomic E-state index is 12.9. The number of hydrogen-bond acceptors (Lipinski definition) is 5. The molecule has 0 radical (unpaired) electrons. The topological polar surface area (TPSA) is 59.2 Å². The largest absolute Gasteiger partial charge is 0.461 e. The predicted octanol–water partition coefficient (Wildman–Crippen LogP) is 5.58. The van der Waals surface area contributed by atoms with Gasteiger partial charge in [0.1, 0.15) is 5.69 Å². The van der Waals surface area contributed by atoms with E-state index in [4.69, 9.17) is 4.74 Å². The zero-order valence-electron chi connectivity index (χ0n) is 17.3. The van der Waals surface area contributed by atoms with Crippen LogP contribution in [0.3, 0.4) is 0 Å². The number of aromatic nitrogens is 1. The highest BCUT2D eigenvalue weighted by atomic mass is 16.5. The maximum Gasteiger partial charge on any atom is 0.357 e. The zero-order chi connectivity index (χ0) is 20.6. The molecular formula is C23H28N4O2. The quantitative estimate of drug-likeness (QED) is 0.353. The van der Waals surface area contributed by atoms with Crippen molar-refractivity contribution in [3.8, 4) is 0 Å². The van der Waals surface area contributed by atoms with Crippen molar-refractivity contribution in [3.63, 3.8) is 0 Å². The molecule has 0 aliphatic carbocycles. The van der Waals surface area contributed by atoms with Crippen LogP contribution in [0.5, 0.6) is 0 Å². The number of carbonyl (C=O) groups is 1. The summed E-state index contributed by atoms with van der Waals surface area (Å²) in [6.45, 7) is 9.85. The summed E-state index contributed by atoms with van der Waals surface area (Å²) in [5, 5.41) is 9.75. The molecule has 0 amide bonds. The number of benzene rings is 2. The van der Waals surface area contributed by atoms with E-state index in [2.05, 4.69) is 29.0 Å². The summed E-state index contributed by atoms with van der Waals surface area (Å²) in [7, 11) is 0. The van der Waals surface area contributed by atoms with Crippen LogP contribution >= 0.6 is 0 Å². The van der Waals surface area contributed by atoms with E-state index < -0.39 is 0 Å². The molecule has 0 saturated heterocycles. The van der Waals surface area contributed by atoms with Crippen LogP contribution in [0, 0.1) is 0 Å². The van der Waals surface area contributed by atoms with Crippen molar-refractivity contribution < 1.29 is 9.53 Å². The third-order valence-electron chi connectivity index (χ3n) is 4.97. The summed E-state index contributed by atoms with van der Waals surface area (Å²) in [5.74, 6) is -0.370. The lowest BCUT2D eigenvalue weighted by molar-refractivity contribution is 0.0514. The first-order valence-electron chi connectivity index (χ1n) is 10.2. The summed E-state index contributed by atoms with van der Waals surface area (Å²) in [6, 6.07) is 17.4. The normalized spacial score (nSPS) is 11.6. The second kappa shape index (κ2) is 9.98. The van der Waals surface area contributed by atoms with Gasteiger partial charge in [0.05, 0.1) is 17.8 Å². The Kier molecular flexibility index (Phi) is 7.14. The van der Waals surface area contributed by atoms with Crippen molar-refractivity contribution in [3.05, 3.63) is 60.3 Å². The number of esters is 1. The standard InChI is InChI=1S/C23H28N4O2/c1-4-26(5-2)16-17-27-20-15-11-10-14-19(20)21(22(27)23(28)29-6-3)25-24-18-12-8-7-9-13-18/h7-15H,4-6,16-17H2,1-3H3. The molecule has 0 aliphatic rings. The number of likely N-dealkylation sites (N-methyl/N-ethyl adjacent to an activating group) is 1. The van der Waals surface area contributed by atoms with Crippen LogP contribution < -0.4 is 0 Å². The fraction of sp³-hybridized carbons (Fsp3) is 0.348. The number of rotatable bonds is 9. The molecule has 2 aromatic carbocycles. The molecule has 6 heteroatoms. The fourth-order valence-corrected chi connectivity index (χ4v) is 3.41. The van der Waals surface area contributed by atoms with Crippen molar-refractivity contribution in [2.45, 2.75) is 27.3 Å². The lowest BCUT2D eigenvalue weighted by atomic mass is 10.2. The van der Waals surface area contributed by atoms with Gasteiger partial charge in [-0.25, -0.2) is 4.79 Å². The Balaban J connectivity index is 2.11. The molecule has 0 fully saturated rings. The molecule has 3 rings (SSSR count). The average molecular weight is 393 g/mol. The van der Waals surface area contributed by atoms with E-state index in [0.29, 0.717) is 24.5 Å². The third kappa shape index (κ3) is 4.71. The summed E-state index contributed by atoms with van der Waals surface area (Å²) < 4.78 is 7.39. The highest BCUT2D eigenvalue weighted by Gasteiger charge is 2.24. The molecule has 0 N–H and O–H groups in total. The number of para-hydroxylation sites is 1. The molecule has 6 nitrogen and oxygen atoms in total. The van der Waals surface area contributed by atoms with Crippen LogP contribution in [0.15, 0.2) is 64.8 Å². The van der Waals surface area contributed by atoms with Gasteiger partial charge in [-0.3, -0.25) is 0 Å². The molecule has 3 aromatic rings. The molecule has 0 bridgehead atoms. The summed E-state index contributed by atoms with van der Waals surface area (Å²) in [4.78, 5) is 15.2. The van der Waals surface area contributed by atoms with Crippen LogP contribution in [0.1, 0.15) is 31.3 Å². The minimum absolute atomic E-state index is 0.311. The molecule has 1 aromatic heterocycles. The first-order valence-corrected chi connectivity index (χ1v) is 10.2. The van der Waals surface area contributed by atoms with E-state index in [1.165, 1.54) is 0 Å². The molecular weight excluding hydrogens is 364 g/mol. The highest BCUT2D eigenvalue weighted by molar-refractivity contribution is 6.05. The Morgan fingerprint density at radius 1 is 0.966 bits per heavy atom. The number of azo groups is 1. The summed E-state index contributed by atoms with van der Waals surface area (Å²) in [6.07, 6.45) is 0. The Morgan fingerprint density at radius 2 is 1.66 bits per heavy atom. The van der Waals surface area contributed by atoms with Crippen molar-refractivity contribution in [1.82, 2.24) is 9.47 Å². The van der Waals surface area contributed by atoms with E-state index in [9.17, 15) is 4.79 Å². The lowest BCUT2D eigenvalue weighted by Gasteiger charge is -2.19. The maximum absolute atomic E-state index is 12.9. The predicted molar refractivity (Wildman–Crippen MR) is 116 cm³/mol. The van der Waals surface area contributed by atoms with Gasteiger partial charge < -0.3 is 14.2 Å².